The van der Waals surface area contributed by atoms with Crippen molar-refractivity contribution in [3.63, 3.8) is 0 Å². The first-order chi connectivity index (χ1) is 14.1. The Morgan fingerprint density at radius 2 is 2.00 bits per heavy atom. The van der Waals surface area contributed by atoms with E-state index >= 15 is 0 Å². The second kappa shape index (κ2) is 8.04. The molecule has 0 fully saturated rings. The van der Waals surface area contributed by atoms with Gasteiger partial charge in [-0.25, -0.2) is 4.98 Å². The van der Waals surface area contributed by atoms with Crippen LogP contribution in [0.1, 0.15) is 13.8 Å². The molecule has 0 radical (unpaired) electrons. The largest absolute Gasteiger partial charge is 0.334 e. The molecular formula is C20H21N7OS. The highest BCUT2D eigenvalue weighted by Crippen LogP contribution is 2.27. The van der Waals surface area contributed by atoms with Crippen LogP contribution in [0.2, 0.25) is 0 Å². The van der Waals surface area contributed by atoms with Crippen molar-refractivity contribution >= 4 is 34.4 Å². The molecule has 3 aromatic heterocycles. The minimum absolute atomic E-state index is 0.0807. The van der Waals surface area contributed by atoms with Crippen molar-refractivity contribution in [2.75, 3.05) is 5.32 Å². The van der Waals surface area contributed by atoms with E-state index in [0.717, 1.165) is 22.4 Å². The molecule has 1 aromatic carbocycles. The summed E-state index contributed by atoms with van der Waals surface area (Å²) in [6.45, 7) is 4.55. The number of benzene rings is 1. The van der Waals surface area contributed by atoms with Gasteiger partial charge in [0.15, 0.2) is 11.0 Å². The van der Waals surface area contributed by atoms with Crippen LogP contribution in [0.5, 0.6) is 0 Å². The summed E-state index contributed by atoms with van der Waals surface area (Å²) in [5.41, 5.74) is 3.31. The number of nitrogens with zero attached hydrogens (tertiary/aromatic N) is 6. The molecule has 0 saturated carbocycles. The summed E-state index contributed by atoms with van der Waals surface area (Å²) < 4.78 is 3.92. The third-order valence-corrected chi connectivity index (χ3v) is 5.65. The number of nitrogens with one attached hydrogen (secondary N) is 1. The van der Waals surface area contributed by atoms with Crippen LogP contribution in [-0.4, -0.2) is 40.5 Å². The predicted molar refractivity (Wildman–Crippen MR) is 114 cm³/mol. The van der Waals surface area contributed by atoms with E-state index in [9.17, 15) is 4.79 Å². The van der Waals surface area contributed by atoms with E-state index in [4.69, 9.17) is 0 Å². The number of anilines is 1. The number of aromatic nitrogens is 6. The van der Waals surface area contributed by atoms with Gasteiger partial charge in [0.1, 0.15) is 11.2 Å². The van der Waals surface area contributed by atoms with E-state index < -0.39 is 0 Å². The van der Waals surface area contributed by atoms with E-state index in [-0.39, 0.29) is 11.2 Å². The number of pyridine rings is 1. The number of rotatable bonds is 6. The van der Waals surface area contributed by atoms with Crippen LogP contribution in [0.25, 0.3) is 22.6 Å². The molecule has 0 bridgehead atoms. The molecule has 4 aromatic rings. The van der Waals surface area contributed by atoms with Gasteiger partial charge >= 0.3 is 0 Å². The molecule has 0 aliphatic rings. The fraction of sp³-hybridized carbons (Fsp3) is 0.250. The molecule has 29 heavy (non-hydrogen) atoms. The topological polar surface area (TPSA) is 90.5 Å². The third-order valence-electron chi connectivity index (χ3n) is 4.57. The van der Waals surface area contributed by atoms with Crippen LogP contribution in [-0.2, 0) is 18.4 Å². The maximum absolute atomic E-state index is 12.5. The van der Waals surface area contributed by atoms with Gasteiger partial charge in [0.05, 0.1) is 23.3 Å². The van der Waals surface area contributed by atoms with E-state index in [1.54, 1.807) is 12.5 Å². The fourth-order valence-corrected chi connectivity index (χ4v) is 3.89. The maximum atomic E-state index is 12.5. The summed E-state index contributed by atoms with van der Waals surface area (Å²) in [5.74, 6) is 0.594. The molecule has 8 nitrogen and oxygen atoms in total. The number of aryl methyl sites for hydroxylation is 1. The van der Waals surface area contributed by atoms with Crippen molar-refractivity contribution in [2.45, 2.75) is 30.8 Å². The highest BCUT2D eigenvalue weighted by molar-refractivity contribution is 8.00. The Morgan fingerprint density at radius 1 is 1.21 bits per heavy atom. The molecule has 148 valence electrons. The minimum atomic E-state index is -0.329. The highest BCUT2D eigenvalue weighted by Gasteiger charge is 2.21. The normalized spacial score (nSPS) is 12.2. The van der Waals surface area contributed by atoms with Gasteiger partial charge in [-0.3, -0.25) is 9.78 Å². The number of hydrogen-bond donors (Lipinski definition) is 1. The molecule has 4 rings (SSSR count). The summed E-state index contributed by atoms with van der Waals surface area (Å²) in [4.78, 5) is 21.3. The van der Waals surface area contributed by atoms with Crippen LogP contribution < -0.4 is 5.32 Å². The summed E-state index contributed by atoms with van der Waals surface area (Å²) in [5, 5.41) is 11.9. The Morgan fingerprint density at radius 3 is 2.76 bits per heavy atom. The maximum Gasteiger partial charge on any atom is 0.237 e. The van der Waals surface area contributed by atoms with E-state index in [1.165, 1.54) is 11.8 Å². The lowest BCUT2D eigenvalue weighted by Gasteiger charge is -2.12. The summed E-state index contributed by atoms with van der Waals surface area (Å²) >= 11 is 1.38. The second-order valence-corrected chi connectivity index (χ2v) is 7.89. The van der Waals surface area contributed by atoms with Gasteiger partial charge in [0.25, 0.3) is 0 Å². The van der Waals surface area contributed by atoms with E-state index in [0.29, 0.717) is 17.5 Å². The molecule has 0 spiro atoms. The molecule has 0 aliphatic carbocycles. The third kappa shape index (κ3) is 3.86. The average Bonchev–Trinajstić information content (AvgIpc) is 3.31. The van der Waals surface area contributed by atoms with Crippen molar-refractivity contribution in [2.24, 2.45) is 7.05 Å². The van der Waals surface area contributed by atoms with E-state index in [2.05, 4.69) is 25.5 Å². The Kier molecular flexibility index (Phi) is 5.30. The molecule has 1 amide bonds. The first kappa shape index (κ1) is 19.1. The van der Waals surface area contributed by atoms with Crippen LogP contribution in [0.3, 0.4) is 0 Å². The molecular weight excluding hydrogens is 386 g/mol. The number of carbonyl (C=O) groups excluding carboxylic acids is 1. The van der Waals surface area contributed by atoms with Crippen LogP contribution >= 0.6 is 11.8 Å². The van der Waals surface area contributed by atoms with Crippen LogP contribution in [0.4, 0.5) is 5.69 Å². The zero-order valence-corrected chi connectivity index (χ0v) is 17.2. The van der Waals surface area contributed by atoms with E-state index in [1.807, 2.05) is 66.4 Å². The molecule has 1 atom stereocenters. The summed E-state index contributed by atoms with van der Waals surface area (Å²) in [6.07, 6.45) is 3.50. The standard InChI is InChI=1S/C20H21N7OS/c1-4-27-18(15-10-17-16(11-21-15)22-12-26(17)3)24-25-20(27)29-13(2)19(28)23-14-8-6-5-7-9-14/h5-13H,4H2,1-3H3,(H,23,28). The first-order valence-corrected chi connectivity index (χ1v) is 10.2. The summed E-state index contributed by atoms with van der Waals surface area (Å²) in [7, 11) is 1.94. The number of para-hydroxylation sites is 1. The lowest BCUT2D eigenvalue weighted by atomic mass is 10.3. The number of amides is 1. The number of thioether (sulfide) groups is 1. The highest BCUT2D eigenvalue weighted by atomic mass is 32.2. The lowest BCUT2D eigenvalue weighted by Crippen LogP contribution is -2.22. The number of fused-ring (bicyclic) bond motifs is 1. The Balaban J connectivity index is 1.56. The Hall–Kier alpha value is -3.20. The summed E-state index contributed by atoms with van der Waals surface area (Å²) in [6, 6.07) is 11.4. The molecule has 1 N–H and O–H groups in total. The quantitative estimate of drug-likeness (QED) is 0.493. The molecule has 0 aliphatic heterocycles. The van der Waals surface area contributed by atoms with Crippen LogP contribution in [0, 0.1) is 0 Å². The lowest BCUT2D eigenvalue weighted by molar-refractivity contribution is -0.115. The number of imidazole rings is 1. The zero-order chi connectivity index (χ0) is 20.4. The smallest absolute Gasteiger partial charge is 0.237 e. The van der Waals surface area contributed by atoms with Gasteiger partial charge in [-0.1, -0.05) is 30.0 Å². The van der Waals surface area contributed by atoms with Gasteiger partial charge in [-0.2, -0.15) is 0 Å². The SMILES string of the molecule is CCn1c(SC(C)C(=O)Nc2ccccc2)nnc1-c1cc2c(cn1)ncn2C. The van der Waals surface area contributed by atoms with Gasteiger partial charge in [0, 0.05) is 19.3 Å². The van der Waals surface area contributed by atoms with Gasteiger partial charge in [-0.15, -0.1) is 10.2 Å². The van der Waals surface area contributed by atoms with Crippen molar-refractivity contribution in [3.05, 3.63) is 48.9 Å². The van der Waals surface area contributed by atoms with Crippen molar-refractivity contribution in [3.8, 4) is 11.5 Å². The Bertz CT molecular complexity index is 1150. The Labute approximate surface area is 172 Å². The van der Waals surface area contributed by atoms with Crippen molar-refractivity contribution in [1.29, 1.82) is 0 Å². The predicted octanol–water partition coefficient (Wildman–Crippen LogP) is 3.37. The van der Waals surface area contributed by atoms with Crippen molar-refractivity contribution < 1.29 is 4.79 Å². The van der Waals surface area contributed by atoms with Gasteiger partial charge < -0.3 is 14.5 Å². The van der Waals surface area contributed by atoms with Gasteiger partial charge in [0.2, 0.25) is 5.91 Å². The first-order valence-electron chi connectivity index (χ1n) is 9.30. The van der Waals surface area contributed by atoms with Crippen molar-refractivity contribution in [1.82, 2.24) is 29.3 Å². The average molecular weight is 408 g/mol. The monoisotopic (exact) mass is 407 g/mol. The van der Waals surface area contributed by atoms with Crippen LogP contribution in [0.15, 0.2) is 54.1 Å². The molecule has 9 heteroatoms. The van der Waals surface area contributed by atoms with Gasteiger partial charge in [-0.05, 0) is 32.0 Å². The fourth-order valence-electron chi connectivity index (χ4n) is 2.98. The minimum Gasteiger partial charge on any atom is -0.334 e. The second-order valence-electron chi connectivity index (χ2n) is 6.58. The molecule has 0 saturated heterocycles. The molecule has 1 unspecified atom stereocenters. The zero-order valence-electron chi connectivity index (χ0n) is 16.4. The molecule has 3 heterocycles. The number of carbonyl (C=O) groups is 1. The number of hydrogen-bond acceptors (Lipinski definition) is 6.